The van der Waals surface area contributed by atoms with E-state index in [0.717, 1.165) is 6.92 Å². The van der Waals surface area contributed by atoms with Gasteiger partial charge in [0, 0.05) is 5.41 Å². The van der Waals surface area contributed by atoms with E-state index in [1.807, 2.05) is 0 Å². The minimum absolute atomic E-state index is 0.0962. The maximum absolute atomic E-state index is 14.6. The van der Waals surface area contributed by atoms with Gasteiger partial charge in [-0.05, 0) is 36.3 Å². The monoisotopic (exact) mass is 438 g/mol. The first-order valence-corrected chi connectivity index (χ1v) is 9.49. The van der Waals surface area contributed by atoms with Crippen LogP contribution in [0.1, 0.15) is 23.6 Å². The molecule has 0 heterocycles. The highest BCUT2D eigenvalue weighted by Crippen LogP contribution is 3.02. The van der Waals surface area contributed by atoms with Gasteiger partial charge in [-0.15, -0.1) is 15.5 Å². The fraction of sp³-hybridized carbons (Fsp3) is 0.176. The van der Waals surface area contributed by atoms with Crippen molar-refractivity contribution in [2.45, 2.75) is 24.2 Å². The predicted molar refractivity (Wildman–Crippen MR) is 86.8 cm³/mol. The van der Waals surface area contributed by atoms with E-state index in [-0.39, 0.29) is 5.56 Å². The van der Waals surface area contributed by atoms with Crippen molar-refractivity contribution in [2.75, 3.05) is 0 Å². The Hall–Kier alpha value is -2.17. The molecule has 2 aromatic rings. The average Bonchev–Trinajstić information content (AvgIpc) is 2.52. The average molecular weight is 438 g/mol. The van der Waals surface area contributed by atoms with Crippen LogP contribution in [0.15, 0.2) is 58.8 Å². The highest BCUT2D eigenvalue weighted by atomic mass is 32.5. The summed E-state index contributed by atoms with van der Waals surface area (Å²) in [5.74, 6) is 0. The molecule has 0 radical (unpaired) electrons. The first-order chi connectivity index (χ1) is 12.3. The lowest BCUT2D eigenvalue weighted by Crippen LogP contribution is -2.17. The predicted octanol–water partition coefficient (Wildman–Crippen LogP) is 8.56. The van der Waals surface area contributed by atoms with Crippen LogP contribution in [0.2, 0.25) is 0 Å². The minimum Gasteiger partial charge on any atom is -0.166 e. The van der Waals surface area contributed by atoms with Gasteiger partial charge in [0.25, 0.3) is 0 Å². The zero-order valence-electron chi connectivity index (χ0n) is 13.9. The second kappa shape index (κ2) is 5.91. The van der Waals surface area contributed by atoms with Gasteiger partial charge in [-0.3, -0.25) is 0 Å². The lowest BCUT2D eigenvalue weighted by Gasteiger charge is -2.48. The molecule has 0 aliphatic rings. The Morgan fingerprint density at radius 3 is 1.57 bits per heavy atom. The Balaban J connectivity index is 2.81. The van der Waals surface area contributed by atoms with E-state index in [2.05, 4.69) is 0 Å². The molecule has 0 spiro atoms. The Morgan fingerprint density at radius 1 is 0.750 bits per heavy atom. The molecule has 2 rings (SSSR count). The maximum Gasteiger partial charge on any atom is 0.416 e. The van der Waals surface area contributed by atoms with E-state index < -0.39 is 67.4 Å². The van der Waals surface area contributed by atoms with E-state index in [1.165, 1.54) is 30.3 Å². The number of benzene rings is 2. The van der Waals surface area contributed by atoms with Crippen LogP contribution < -0.4 is 0 Å². The summed E-state index contributed by atoms with van der Waals surface area (Å²) < 4.78 is 135. The molecule has 0 amide bonds. The van der Waals surface area contributed by atoms with Gasteiger partial charge in [0.1, 0.15) is 0 Å². The van der Waals surface area contributed by atoms with Gasteiger partial charge in [-0.2, -0.15) is 26.3 Å². The third-order valence-electron chi connectivity index (χ3n) is 3.70. The largest absolute Gasteiger partial charge is 0.416 e. The smallest absolute Gasteiger partial charge is 0.166 e. The van der Waals surface area contributed by atoms with Crippen LogP contribution in [0, 0.1) is 0 Å². The van der Waals surface area contributed by atoms with Crippen LogP contribution in [0.5, 0.6) is 0 Å². The summed E-state index contributed by atoms with van der Waals surface area (Å²) in [6, 6.07) is 4.73. The van der Waals surface area contributed by atoms with Crippen LogP contribution >= 0.6 is 9.84 Å². The molecule has 0 unspecified atom stereocenters. The van der Waals surface area contributed by atoms with Crippen LogP contribution in [-0.2, 0) is 12.4 Å². The summed E-state index contributed by atoms with van der Waals surface area (Å²) in [7, 11) is -9.65. The van der Waals surface area contributed by atoms with Crippen LogP contribution in [-0.4, -0.2) is 0 Å². The topological polar surface area (TPSA) is 0 Å². The summed E-state index contributed by atoms with van der Waals surface area (Å²) in [5.41, 5.74) is -5.30. The van der Waals surface area contributed by atoms with Crippen molar-refractivity contribution in [1.29, 1.82) is 0 Å². The van der Waals surface area contributed by atoms with E-state index in [0.29, 0.717) is 0 Å². The van der Waals surface area contributed by atoms with E-state index in [9.17, 15) is 41.9 Å². The zero-order chi connectivity index (χ0) is 21.7. The molecule has 0 fully saturated rings. The lowest BCUT2D eigenvalue weighted by molar-refractivity contribution is -0.143. The van der Waals surface area contributed by atoms with Gasteiger partial charge in [0.2, 0.25) is 9.84 Å². The first-order valence-electron chi connectivity index (χ1n) is 7.37. The molecule has 0 saturated carbocycles. The molecule has 0 bridgehead atoms. The fourth-order valence-electron chi connectivity index (χ4n) is 2.37. The fourth-order valence-corrected chi connectivity index (χ4v) is 4.10. The third kappa shape index (κ3) is 4.81. The van der Waals surface area contributed by atoms with Crippen molar-refractivity contribution in [3.05, 3.63) is 70.6 Å². The second-order valence-electron chi connectivity index (χ2n) is 6.04. The Kier molecular flexibility index (Phi) is 4.67. The van der Waals surface area contributed by atoms with Gasteiger partial charge in [0.15, 0.2) is 0 Å². The van der Waals surface area contributed by atoms with Gasteiger partial charge in [-0.1, -0.05) is 30.3 Å². The number of alkyl halides is 6. The Labute approximate surface area is 152 Å². The molecule has 0 nitrogen and oxygen atoms in total. The molecule has 156 valence electrons. The molecule has 0 aliphatic carbocycles. The molecule has 0 atom stereocenters. The molecule has 0 saturated heterocycles. The highest BCUT2D eigenvalue weighted by molar-refractivity contribution is 8.52. The Bertz CT molecular complexity index is 885. The van der Waals surface area contributed by atoms with Gasteiger partial charge < -0.3 is 0 Å². The molecular formula is C17H12F10S. The summed E-state index contributed by atoms with van der Waals surface area (Å²) in [5, 5.41) is -0.828. The van der Waals surface area contributed by atoms with Crippen LogP contribution in [0.3, 0.4) is 0 Å². The SMILES string of the molecule is C/C(=C/S(F)(F)(F)(F)c1cc(C(F)(F)F)cc(C(F)(F)F)c1)c1ccccc1. The number of halogens is 10. The molecule has 0 aromatic heterocycles. The van der Waals surface area contributed by atoms with E-state index in [1.54, 1.807) is 0 Å². The van der Waals surface area contributed by atoms with Crippen molar-refractivity contribution in [3.8, 4) is 0 Å². The van der Waals surface area contributed by atoms with E-state index >= 15 is 0 Å². The number of allylic oxidation sites excluding steroid dienone is 1. The zero-order valence-corrected chi connectivity index (χ0v) is 14.7. The van der Waals surface area contributed by atoms with Gasteiger partial charge in [0.05, 0.1) is 16.0 Å². The van der Waals surface area contributed by atoms with Crippen molar-refractivity contribution in [2.24, 2.45) is 0 Å². The first kappa shape index (κ1) is 22.1. The molecule has 0 aliphatic heterocycles. The van der Waals surface area contributed by atoms with E-state index in [4.69, 9.17) is 0 Å². The summed E-state index contributed by atoms with van der Waals surface area (Å²) in [6.45, 7) is 0.853. The Morgan fingerprint density at radius 2 is 1.18 bits per heavy atom. The number of hydrogen-bond donors (Lipinski definition) is 0. The number of rotatable bonds is 3. The summed E-state index contributed by atoms with van der Waals surface area (Å²) >= 11 is 0. The molecule has 0 N–H and O–H groups in total. The van der Waals surface area contributed by atoms with Crippen LogP contribution in [0.4, 0.5) is 41.9 Å². The second-order valence-corrected chi connectivity index (χ2v) is 9.01. The summed E-state index contributed by atoms with van der Waals surface area (Å²) in [4.78, 5) is -2.63. The standard InChI is InChI=1S/C17H12F10S/c1-11(12-5-3-2-4-6-12)10-28(24,25,26,27)15-8-13(16(18,19)20)7-14(9-15)17(21,22)23/h2-10H,1H3/b11-10-. The summed E-state index contributed by atoms with van der Waals surface area (Å²) in [6.07, 6.45) is -11.1. The number of hydrogen-bond acceptors (Lipinski definition) is 0. The molecule has 28 heavy (non-hydrogen) atoms. The van der Waals surface area contributed by atoms with Gasteiger partial charge in [-0.25, -0.2) is 0 Å². The quantitative estimate of drug-likeness (QED) is 0.421. The maximum atomic E-state index is 14.6. The minimum atomic E-state index is -9.65. The van der Waals surface area contributed by atoms with Crippen molar-refractivity contribution >= 4 is 15.4 Å². The molecular weight excluding hydrogens is 426 g/mol. The lowest BCUT2D eigenvalue weighted by atomic mass is 10.1. The van der Waals surface area contributed by atoms with Crippen molar-refractivity contribution < 1.29 is 41.9 Å². The van der Waals surface area contributed by atoms with Crippen LogP contribution in [0.25, 0.3) is 5.57 Å². The van der Waals surface area contributed by atoms with Crippen molar-refractivity contribution in [3.63, 3.8) is 0 Å². The molecule has 11 heteroatoms. The van der Waals surface area contributed by atoms with Crippen molar-refractivity contribution in [1.82, 2.24) is 0 Å². The third-order valence-corrected chi connectivity index (χ3v) is 5.74. The van der Waals surface area contributed by atoms with Gasteiger partial charge >= 0.3 is 12.4 Å². The highest BCUT2D eigenvalue weighted by Gasteiger charge is 2.63. The molecule has 2 aromatic carbocycles. The normalized spacial score (nSPS) is 16.5.